The molecule has 0 bridgehead atoms. The summed E-state index contributed by atoms with van der Waals surface area (Å²) >= 11 is 6.47. The lowest BCUT2D eigenvalue weighted by molar-refractivity contribution is -0.365. The van der Waals surface area contributed by atoms with E-state index in [1.807, 2.05) is 0 Å². The summed E-state index contributed by atoms with van der Waals surface area (Å²) in [5, 5.41) is 32.9. The molecule has 1 heterocycles. The molecule has 5 unspecified atom stereocenters. The second kappa shape index (κ2) is 12.3. The van der Waals surface area contributed by atoms with Crippen LogP contribution in [0.3, 0.4) is 0 Å². The Morgan fingerprint density at radius 3 is 2.17 bits per heavy atom. The van der Waals surface area contributed by atoms with Gasteiger partial charge in [-0.15, -0.1) is 0 Å². The van der Waals surface area contributed by atoms with Crippen LogP contribution < -0.4 is 4.74 Å². The maximum absolute atomic E-state index is 12.4. The molecule has 0 radical (unpaired) electrons. The van der Waals surface area contributed by atoms with Crippen LogP contribution in [-0.2, 0) is 26.1 Å². The number of rotatable bonds is 9. The molecule has 3 N–H and O–H groups in total. The van der Waals surface area contributed by atoms with E-state index in [-0.39, 0.29) is 17.4 Å². The maximum Gasteiger partial charge on any atom is 0.422 e. The van der Waals surface area contributed by atoms with Crippen molar-refractivity contribution in [1.29, 1.82) is 0 Å². The minimum absolute atomic E-state index is 0.0181. The molecule has 0 spiro atoms. The Bertz CT molecular complexity index is 1140. The highest BCUT2D eigenvalue weighted by atomic mass is 35.5. The van der Waals surface area contributed by atoms with Gasteiger partial charge >= 0.3 is 6.18 Å². The van der Waals surface area contributed by atoms with E-state index < -0.39 is 51.3 Å². The van der Waals surface area contributed by atoms with Gasteiger partial charge in [-0.25, -0.2) is 0 Å². The third kappa shape index (κ3) is 7.38. The third-order valence-electron chi connectivity index (χ3n) is 7.66. The van der Waals surface area contributed by atoms with Gasteiger partial charge in [0.2, 0.25) is 5.79 Å². The zero-order chi connectivity index (χ0) is 30.1. The molecule has 0 aromatic heterocycles. The first kappa shape index (κ1) is 32.8. The topological polar surface area (TPSA) is 97.6 Å². The van der Waals surface area contributed by atoms with Crippen LogP contribution in [0.15, 0.2) is 42.5 Å². The number of ether oxygens (including phenoxy) is 3. The Morgan fingerprint density at radius 1 is 1.00 bits per heavy atom. The van der Waals surface area contributed by atoms with Crippen LogP contribution in [0.4, 0.5) is 13.2 Å². The summed E-state index contributed by atoms with van der Waals surface area (Å²) in [7, 11) is -0.903. The fraction of sp³-hybridized carbons (Fsp3) is 0.571. The highest BCUT2D eigenvalue weighted by molar-refractivity contribution is 6.74. The molecule has 0 saturated carbocycles. The van der Waals surface area contributed by atoms with Crippen molar-refractivity contribution in [2.75, 3.05) is 20.3 Å². The second-order valence-electron chi connectivity index (χ2n) is 11.6. The average molecular weight is 607 g/mol. The summed E-state index contributed by atoms with van der Waals surface area (Å²) in [6.45, 7) is 8.93. The van der Waals surface area contributed by atoms with Crippen LogP contribution in [0, 0.1) is 0 Å². The van der Waals surface area contributed by atoms with Gasteiger partial charge in [0, 0.05) is 17.7 Å². The number of hydrogen-bond donors (Lipinski definition) is 3. The summed E-state index contributed by atoms with van der Waals surface area (Å²) in [6, 6.07) is 11.0. The van der Waals surface area contributed by atoms with Crippen LogP contribution in [0.1, 0.15) is 37.5 Å². The fourth-order valence-corrected chi connectivity index (χ4v) is 5.37. The zero-order valence-electron chi connectivity index (χ0n) is 23.5. The Balaban J connectivity index is 1.86. The predicted octanol–water partition coefficient (Wildman–Crippen LogP) is 5.17. The van der Waals surface area contributed by atoms with Crippen molar-refractivity contribution in [3.8, 4) is 5.75 Å². The van der Waals surface area contributed by atoms with E-state index in [4.69, 9.17) is 30.2 Å². The number of alkyl halides is 3. The van der Waals surface area contributed by atoms with Crippen LogP contribution in [0.5, 0.6) is 5.75 Å². The molecule has 7 nitrogen and oxygen atoms in total. The van der Waals surface area contributed by atoms with Crippen molar-refractivity contribution >= 4 is 19.9 Å². The van der Waals surface area contributed by atoms with Crippen LogP contribution >= 0.6 is 11.6 Å². The van der Waals surface area contributed by atoms with Crippen molar-refractivity contribution in [2.45, 2.75) is 81.7 Å². The number of benzene rings is 2. The molecule has 224 valence electrons. The minimum atomic E-state index is -4.44. The quantitative estimate of drug-likeness (QED) is 0.339. The van der Waals surface area contributed by atoms with E-state index in [2.05, 4.69) is 33.9 Å². The molecule has 1 fully saturated rings. The molecule has 5 atom stereocenters. The lowest BCUT2D eigenvalue weighted by Crippen LogP contribution is -2.64. The summed E-state index contributed by atoms with van der Waals surface area (Å²) in [4.78, 5) is 0. The van der Waals surface area contributed by atoms with Crippen molar-refractivity contribution in [1.82, 2.24) is 0 Å². The Hall–Kier alpha value is -1.70. The molecule has 12 heteroatoms. The molecule has 40 heavy (non-hydrogen) atoms. The molecule has 2 aromatic carbocycles. The summed E-state index contributed by atoms with van der Waals surface area (Å²) in [6.07, 6.45) is -9.80. The highest BCUT2D eigenvalue weighted by Gasteiger charge is 2.55. The summed E-state index contributed by atoms with van der Waals surface area (Å²) in [5.74, 6) is -1.76. The van der Waals surface area contributed by atoms with Gasteiger partial charge in [0.25, 0.3) is 0 Å². The second-order valence-corrected chi connectivity index (χ2v) is 16.8. The van der Waals surface area contributed by atoms with Gasteiger partial charge in [-0.1, -0.05) is 50.6 Å². The molecule has 2 aromatic rings. The smallest absolute Gasteiger partial charge is 0.422 e. The van der Waals surface area contributed by atoms with Crippen molar-refractivity contribution in [2.24, 2.45) is 0 Å². The van der Waals surface area contributed by atoms with Gasteiger partial charge in [0.1, 0.15) is 30.2 Å². The molecular formula is C28H38ClF3O7Si. The molecule has 1 aliphatic rings. The van der Waals surface area contributed by atoms with Gasteiger partial charge < -0.3 is 34.0 Å². The van der Waals surface area contributed by atoms with Crippen LogP contribution in [0.2, 0.25) is 23.2 Å². The monoisotopic (exact) mass is 606 g/mol. The lowest BCUT2D eigenvalue weighted by Gasteiger charge is -2.49. The predicted molar refractivity (Wildman–Crippen MR) is 147 cm³/mol. The normalized spacial score (nSPS) is 26.1. The van der Waals surface area contributed by atoms with Crippen molar-refractivity contribution in [3.05, 3.63) is 64.2 Å². The summed E-state index contributed by atoms with van der Waals surface area (Å²) < 4.78 is 60.2. The lowest BCUT2D eigenvalue weighted by atomic mass is 9.87. The number of hydrogen-bond acceptors (Lipinski definition) is 7. The molecular weight excluding hydrogens is 569 g/mol. The first-order chi connectivity index (χ1) is 18.4. The zero-order valence-corrected chi connectivity index (χ0v) is 25.2. The number of aliphatic hydroxyl groups is 3. The Labute approximate surface area is 238 Å². The van der Waals surface area contributed by atoms with E-state index in [1.165, 1.54) is 19.2 Å². The fourth-order valence-electron chi connectivity index (χ4n) is 4.18. The minimum Gasteiger partial charge on any atom is -0.484 e. The molecule has 3 rings (SSSR count). The number of methoxy groups -OCH3 is 1. The van der Waals surface area contributed by atoms with E-state index in [9.17, 15) is 28.5 Å². The van der Waals surface area contributed by atoms with Crippen LogP contribution in [-0.4, -0.2) is 74.6 Å². The largest absolute Gasteiger partial charge is 0.484 e. The number of aliphatic hydroxyl groups excluding tert-OH is 3. The van der Waals surface area contributed by atoms with E-state index >= 15 is 0 Å². The van der Waals surface area contributed by atoms with Gasteiger partial charge in [0.15, 0.2) is 14.9 Å². The third-order valence-corrected chi connectivity index (χ3v) is 12.5. The van der Waals surface area contributed by atoms with Gasteiger partial charge in [-0.3, -0.25) is 0 Å². The van der Waals surface area contributed by atoms with Crippen molar-refractivity contribution < 1.29 is 47.1 Å². The Morgan fingerprint density at radius 2 is 1.62 bits per heavy atom. The maximum atomic E-state index is 12.4. The van der Waals surface area contributed by atoms with Gasteiger partial charge in [-0.05, 0) is 59.9 Å². The number of halogens is 4. The van der Waals surface area contributed by atoms with E-state index in [0.717, 1.165) is 5.56 Å². The summed E-state index contributed by atoms with van der Waals surface area (Å²) in [5.41, 5.74) is 1.71. The first-order valence-corrected chi connectivity index (χ1v) is 16.2. The Kier molecular flexibility index (Phi) is 10.1. The van der Waals surface area contributed by atoms with E-state index in [1.54, 1.807) is 30.3 Å². The molecule has 0 aliphatic carbocycles. The SMILES string of the molecule is COC1(c2ccc(Cl)c(Cc3ccc(OCC(F)(F)F)cc3)c2)OC(CO[Si](C)(C)C(C)(C)C)C(O)C(O)C1O. The molecule has 1 aliphatic heterocycles. The highest BCUT2D eigenvalue weighted by Crippen LogP contribution is 2.42. The van der Waals surface area contributed by atoms with Gasteiger partial charge in [-0.2, -0.15) is 13.2 Å². The van der Waals surface area contributed by atoms with Gasteiger partial charge in [0.05, 0.1) is 6.61 Å². The van der Waals surface area contributed by atoms with E-state index in [0.29, 0.717) is 22.6 Å². The average Bonchev–Trinajstić information content (AvgIpc) is 2.87. The molecule has 1 saturated heterocycles. The van der Waals surface area contributed by atoms with Crippen molar-refractivity contribution in [3.63, 3.8) is 0 Å². The molecule has 0 amide bonds. The first-order valence-electron chi connectivity index (χ1n) is 12.9. The van der Waals surface area contributed by atoms with Crippen LogP contribution in [0.25, 0.3) is 0 Å². The standard InChI is InChI=1S/C28H38ClF3O7Si/c1-26(2,3)40(5,6)38-15-22-23(33)24(34)25(35)28(36-4,39-22)19-9-12-21(29)18(14-19)13-17-7-10-20(11-8-17)37-16-27(30,31)32/h7-12,14,22-25,33-35H,13,15-16H2,1-6H3.